The predicted molar refractivity (Wildman–Crippen MR) is 86.3 cm³/mol. The van der Waals surface area contributed by atoms with Gasteiger partial charge in [0.2, 0.25) is 5.95 Å². The number of aromatic nitrogens is 2. The van der Waals surface area contributed by atoms with Crippen molar-refractivity contribution >= 4 is 17.5 Å². The van der Waals surface area contributed by atoms with E-state index in [2.05, 4.69) is 27.5 Å². The molecule has 0 saturated carbocycles. The molecular weight excluding hydrogens is 264 g/mol. The molecule has 1 heterocycles. The molecule has 0 aliphatic heterocycles. The first kappa shape index (κ1) is 15.1. The molecule has 1 aromatic carbocycles. The van der Waals surface area contributed by atoms with Gasteiger partial charge in [-0.05, 0) is 50.6 Å². The van der Waals surface area contributed by atoms with E-state index in [1.807, 2.05) is 44.2 Å². The Morgan fingerprint density at radius 3 is 2.57 bits per heavy atom. The van der Waals surface area contributed by atoms with Crippen LogP contribution in [0.1, 0.15) is 27.2 Å². The SMILES string of the molecule is CCCNc1ccnc(Nc2ccc(OC(C)C)cc2)n1. The summed E-state index contributed by atoms with van der Waals surface area (Å²) in [4.78, 5) is 8.63. The van der Waals surface area contributed by atoms with E-state index < -0.39 is 0 Å². The Morgan fingerprint density at radius 1 is 1.14 bits per heavy atom. The third kappa shape index (κ3) is 4.95. The van der Waals surface area contributed by atoms with Crippen LogP contribution in [-0.2, 0) is 0 Å². The normalized spacial score (nSPS) is 10.5. The van der Waals surface area contributed by atoms with Gasteiger partial charge in [0.05, 0.1) is 6.10 Å². The molecule has 0 spiro atoms. The molecule has 0 saturated heterocycles. The number of rotatable bonds is 7. The minimum absolute atomic E-state index is 0.175. The first-order chi connectivity index (χ1) is 10.2. The van der Waals surface area contributed by atoms with Crippen molar-refractivity contribution in [1.82, 2.24) is 9.97 Å². The lowest BCUT2D eigenvalue weighted by molar-refractivity contribution is 0.242. The lowest BCUT2D eigenvalue weighted by Crippen LogP contribution is -2.06. The van der Waals surface area contributed by atoms with Crippen molar-refractivity contribution in [3.63, 3.8) is 0 Å². The number of hydrogen-bond donors (Lipinski definition) is 2. The molecule has 0 unspecified atom stereocenters. The smallest absolute Gasteiger partial charge is 0.229 e. The lowest BCUT2D eigenvalue weighted by atomic mass is 10.3. The lowest BCUT2D eigenvalue weighted by Gasteiger charge is -2.11. The zero-order valence-corrected chi connectivity index (χ0v) is 12.8. The van der Waals surface area contributed by atoms with E-state index in [1.54, 1.807) is 6.20 Å². The van der Waals surface area contributed by atoms with Gasteiger partial charge in [-0.3, -0.25) is 0 Å². The van der Waals surface area contributed by atoms with Crippen LogP contribution in [-0.4, -0.2) is 22.6 Å². The highest BCUT2D eigenvalue weighted by molar-refractivity contribution is 5.55. The standard InChI is InChI=1S/C16H22N4O/c1-4-10-17-15-9-11-18-16(20-15)19-13-5-7-14(8-6-13)21-12(2)3/h5-9,11-12H,4,10H2,1-3H3,(H2,17,18,19,20). The van der Waals surface area contributed by atoms with E-state index in [4.69, 9.17) is 4.74 Å². The fraction of sp³-hybridized carbons (Fsp3) is 0.375. The summed E-state index contributed by atoms with van der Waals surface area (Å²) in [7, 11) is 0. The third-order valence-corrected chi connectivity index (χ3v) is 2.69. The van der Waals surface area contributed by atoms with Crippen molar-refractivity contribution in [3.05, 3.63) is 36.5 Å². The number of benzene rings is 1. The Morgan fingerprint density at radius 2 is 1.90 bits per heavy atom. The minimum Gasteiger partial charge on any atom is -0.491 e. The Balaban J connectivity index is 2.00. The molecule has 0 fully saturated rings. The third-order valence-electron chi connectivity index (χ3n) is 2.69. The van der Waals surface area contributed by atoms with E-state index in [9.17, 15) is 0 Å². The van der Waals surface area contributed by atoms with Gasteiger partial charge >= 0.3 is 0 Å². The Hall–Kier alpha value is -2.30. The zero-order chi connectivity index (χ0) is 15.1. The van der Waals surface area contributed by atoms with E-state index in [1.165, 1.54) is 0 Å². The largest absolute Gasteiger partial charge is 0.491 e. The van der Waals surface area contributed by atoms with Crippen LogP contribution in [0.15, 0.2) is 36.5 Å². The van der Waals surface area contributed by atoms with Gasteiger partial charge in [-0.15, -0.1) is 0 Å². The summed E-state index contributed by atoms with van der Waals surface area (Å²) < 4.78 is 5.61. The molecule has 0 atom stereocenters. The van der Waals surface area contributed by atoms with Crippen LogP contribution in [0.4, 0.5) is 17.5 Å². The number of anilines is 3. The summed E-state index contributed by atoms with van der Waals surface area (Å²) in [6.45, 7) is 7.04. The van der Waals surface area contributed by atoms with Gasteiger partial charge in [0.15, 0.2) is 0 Å². The number of nitrogens with one attached hydrogen (secondary N) is 2. The van der Waals surface area contributed by atoms with Crippen molar-refractivity contribution in [2.45, 2.75) is 33.3 Å². The molecule has 21 heavy (non-hydrogen) atoms. The second-order valence-electron chi connectivity index (χ2n) is 5.01. The first-order valence-electron chi connectivity index (χ1n) is 7.28. The topological polar surface area (TPSA) is 59.1 Å². The molecule has 1 aromatic heterocycles. The van der Waals surface area contributed by atoms with Crippen molar-refractivity contribution in [1.29, 1.82) is 0 Å². The molecule has 112 valence electrons. The van der Waals surface area contributed by atoms with E-state index in [-0.39, 0.29) is 6.10 Å². The number of hydrogen-bond acceptors (Lipinski definition) is 5. The highest BCUT2D eigenvalue weighted by Crippen LogP contribution is 2.19. The summed E-state index contributed by atoms with van der Waals surface area (Å²) in [5.74, 6) is 2.26. The van der Waals surface area contributed by atoms with Crippen molar-refractivity contribution in [2.24, 2.45) is 0 Å². The van der Waals surface area contributed by atoms with E-state index in [0.29, 0.717) is 5.95 Å². The predicted octanol–water partition coefficient (Wildman–Crippen LogP) is 3.83. The van der Waals surface area contributed by atoms with Crippen LogP contribution in [0.2, 0.25) is 0 Å². The zero-order valence-electron chi connectivity index (χ0n) is 12.8. The van der Waals surface area contributed by atoms with E-state index >= 15 is 0 Å². The molecule has 0 aliphatic rings. The molecule has 2 N–H and O–H groups in total. The summed E-state index contributed by atoms with van der Waals surface area (Å²) >= 11 is 0. The fourth-order valence-corrected chi connectivity index (χ4v) is 1.79. The van der Waals surface area contributed by atoms with Crippen LogP contribution < -0.4 is 15.4 Å². The van der Waals surface area contributed by atoms with Gasteiger partial charge < -0.3 is 15.4 Å². The van der Waals surface area contributed by atoms with Gasteiger partial charge in [-0.1, -0.05) is 6.92 Å². The number of ether oxygens (including phenoxy) is 1. The van der Waals surface area contributed by atoms with Crippen molar-refractivity contribution in [2.75, 3.05) is 17.2 Å². The monoisotopic (exact) mass is 286 g/mol. The quantitative estimate of drug-likeness (QED) is 0.810. The molecule has 0 amide bonds. The molecule has 5 heteroatoms. The van der Waals surface area contributed by atoms with E-state index in [0.717, 1.165) is 30.2 Å². The Kier molecular flexibility index (Phi) is 5.37. The van der Waals surface area contributed by atoms with Crippen molar-refractivity contribution in [3.8, 4) is 5.75 Å². The minimum atomic E-state index is 0.175. The molecular formula is C16H22N4O. The summed E-state index contributed by atoms with van der Waals surface area (Å²) in [6.07, 6.45) is 2.97. The van der Waals surface area contributed by atoms with Crippen LogP contribution in [0, 0.1) is 0 Å². The second kappa shape index (κ2) is 7.47. The maximum atomic E-state index is 5.61. The molecule has 5 nitrogen and oxygen atoms in total. The Labute approximate surface area is 125 Å². The van der Waals surface area contributed by atoms with Gasteiger partial charge in [-0.2, -0.15) is 4.98 Å². The first-order valence-corrected chi connectivity index (χ1v) is 7.28. The van der Waals surface area contributed by atoms with Gasteiger partial charge in [0, 0.05) is 18.4 Å². The number of nitrogens with zero attached hydrogens (tertiary/aromatic N) is 2. The molecule has 2 rings (SSSR count). The van der Waals surface area contributed by atoms with Gasteiger partial charge in [0.1, 0.15) is 11.6 Å². The summed E-state index contributed by atoms with van der Waals surface area (Å²) in [5.41, 5.74) is 0.929. The van der Waals surface area contributed by atoms with Crippen LogP contribution >= 0.6 is 0 Å². The van der Waals surface area contributed by atoms with Crippen LogP contribution in [0.25, 0.3) is 0 Å². The average molecular weight is 286 g/mol. The average Bonchev–Trinajstić information content (AvgIpc) is 2.47. The maximum Gasteiger partial charge on any atom is 0.229 e. The van der Waals surface area contributed by atoms with Crippen LogP contribution in [0.5, 0.6) is 5.75 Å². The van der Waals surface area contributed by atoms with Gasteiger partial charge in [0.25, 0.3) is 0 Å². The Bertz CT molecular complexity index is 554. The highest BCUT2D eigenvalue weighted by atomic mass is 16.5. The van der Waals surface area contributed by atoms with Crippen molar-refractivity contribution < 1.29 is 4.74 Å². The molecule has 0 bridgehead atoms. The van der Waals surface area contributed by atoms with Crippen LogP contribution in [0.3, 0.4) is 0 Å². The molecule has 0 aliphatic carbocycles. The molecule has 2 aromatic rings. The summed E-state index contributed by atoms with van der Waals surface area (Å²) in [6, 6.07) is 9.63. The highest BCUT2D eigenvalue weighted by Gasteiger charge is 2.01. The maximum absolute atomic E-state index is 5.61. The molecule has 0 radical (unpaired) electrons. The van der Waals surface area contributed by atoms with Gasteiger partial charge in [-0.25, -0.2) is 4.98 Å². The second-order valence-corrected chi connectivity index (χ2v) is 5.01. The fourth-order valence-electron chi connectivity index (χ4n) is 1.79. The summed E-state index contributed by atoms with van der Waals surface area (Å²) in [5, 5.41) is 6.42.